The Morgan fingerprint density at radius 1 is 1.19 bits per heavy atom. The minimum absolute atomic E-state index is 0.151. The molecule has 0 atom stereocenters. The quantitative estimate of drug-likeness (QED) is 0.567. The molecule has 3 rings (SSSR count). The van der Waals surface area contributed by atoms with Crippen LogP contribution in [0.2, 0.25) is 0 Å². The Hall–Kier alpha value is -3.15. The molecule has 1 N–H and O–H groups in total. The topological polar surface area (TPSA) is 68.5 Å². The van der Waals surface area contributed by atoms with Gasteiger partial charge in [-0.15, -0.1) is 0 Å². The third-order valence-electron chi connectivity index (χ3n) is 4.37. The van der Waals surface area contributed by atoms with Crippen LogP contribution in [-0.4, -0.2) is 13.1 Å². The first-order chi connectivity index (χ1) is 12.4. The van der Waals surface area contributed by atoms with Gasteiger partial charge in [0.15, 0.2) is 0 Å². The van der Waals surface area contributed by atoms with Crippen LogP contribution in [0.4, 0.5) is 10.1 Å². The van der Waals surface area contributed by atoms with Crippen molar-refractivity contribution in [3.8, 4) is 0 Å². The summed E-state index contributed by atoms with van der Waals surface area (Å²) in [6.45, 7) is 4.17. The summed E-state index contributed by atoms with van der Waals surface area (Å²) in [4.78, 5) is 23.5. The lowest BCUT2D eigenvalue weighted by atomic mass is 10.0. The fraction of sp³-hybridized carbons (Fsp3) is 0.200. The van der Waals surface area contributed by atoms with Crippen LogP contribution in [0, 0.1) is 19.7 Å². The van der Waals surface area contributed by atoms with Crippen molar-refractivity contribution >= 4 is 22.6 Å². The molecule has 1 heterocycles. The number of carbonyl (C=O) groups excluding carboxylic acids is 1. The Morgan fingerprint density at radius 2 is 1.96 bits per heavy atom. The summed E-state index contributed by atoms with van der Waals surface area (Å²) in [5.41, 5.74) is 3.21. The maximum atomic E-state index is 13.7. The molecule has 2 aromatic carbocycles. The number of hydrogen-bond donors (Lipinski definition) is 1. The molecule has 0 radical (unpaired) electrons. The Balaban J connectivity index is 1.95. The third kappa shape index (κ3) is 3.31. The normalized spacial score (nSPS) is 10.8. The van der Waals surface area contributed by atoms with Crippen LogP contribution in [0.1, 0.15) is 27.0 Å². The highest BCUT2D eigenvalue weighted by Crippen LogP contribution is 2.24. The zero-order valence-corrected chi connectivity index (χ0v) is 14.7. The standard InChI is InChI=1S/C20H18FNO4/c1-11-4-6-15-13(8-18(23)26-19(15)12(11)2)10-22-14-5-7-17(21)16(9-14)20(24)25-3/h4-9,22H,10H2,1-3H3. The summed E-state index contributed by atoms with van der Waals surface area (Å²) in [5.74, 6) is -1.40. The van der Waals surface area contributed by atoms with E-state index in [-0.39, 0.29) is 5.56 Å². The van der Waals surface area contributed by atoms with Gasteiger partial charge in [0.05, 0.1) is 12.7 Å². The van der Waals surface area contributed by atoms with Gasteiger partial charge >= 0.3 is 11.6 Å². The minimum Gasteiger partial charge on any atom is -0.465 e. The van der Waals surface area contributed by atoms with E-state index in [9.17, 15) is 14.0 Å². The number of methoxy groups -OCH3 is 1. The van der Waals surface area contributed by atoms with Gasteiger partial charge in [-0.05, 0) is 48.7 Å². The first kappa shape index (κ1) is 17.7. The van der Waals surface area contributed by atoms with E-state index < -0.39 is 17.4 Å². The van der Waals surface area contributed by atoms with E-state index in [1.165, 1.54) is 31.4 Å². The van der Waals surface area contributed by atoms with Crippen molar-refractivity contribution in [2.45, 2.75) is 20.4 Å². The summed E-state index contributed by atoms with van der Waals surface area (Å²) in [7, 11) is 1.20. The maximum Gasteiger partial charge on any atom is 0.340 e. The van der Waals surface area contributed by atoms with E-state index in [0.717, 1.165) is 22.1 Å². The highest BCUT2D eigenvalue weighted by atomic mass is 19.1. The average molecular weight is 355 g/mol. The van der Waals surface area contributed by atoms with Crippen molar-refractivity contribution in [3.63, 3.8) is 0 Å². The Labute approximate surface area is 149 Å². The van der Waals surface area contributed by atoms with Gasteiger partial charge in [-0.3, -0.25) is 0 Å². The molecule has 0 saturated carbocycles. The largest absolute Gasteiger partial charge is 0.465 e. The van der Waals surface area contributed by atoms with Crippen molar-refractivity contribution in [2.24, 2.45) is 0 Å². The number of halogens is 1. The van der Waals surface area contributed by atoms with Crippen molar-refractivity contribution in [3.05, 3.63) is 74.9 Å². The lowest BCUT2D eigenvalue weighted by Crippen LogP contribution is -2.08. The Kier molecular flexibility index (Phi) is 4.75. The smallest absolute Gasteiger partial charge is 0.340 e. The molecule has 0 aliphatic carbocycles. The van der Waals surface area contributed by atoms with Crippen molar-refractivity contribution in [1.82, 2.24) is 0 Å². The molecular formula is C20H18FNO4. The van der Waals surface area contributed by atoms with Gasteiger partial charge in [-0.25, -0.2) is 14.0 Å². The van der Waals surface area contributed by atoms with Crippen molar-refractivity contribution in [1.29, 1.82) is 0 Å². The maximum absolute atomic E-state index is 13.7. The number of rotatable bonds is 4. The first-order valence-corrected chi connectivity index (χ1v) is 8.05. The molecule has 0 spiro atoms. The summed E-state index contributed by atoms with van der Waals surface area (Å²) in [6.07, 6.45) is 0. The lowest BCUT2D eigenvalue weighted by molar-refractivity contribution is 0.0595. The van der Waals surface area contributed by atoms with Crippen LogP contribution in [0.25, 0.3) is 11.0 Å². The molecule has 6 heteroatoms. The minimum atomic E-state index is -0.747. The monoisotopic (exact) mass is 355 g/mol. The van der Waals surface area contributed by atoms with Crippen molar-refractivity contribution < 1.29 is 18.3 Å². The van der Waals surface area contributed by atoms with Crippen LogP contribution < -0.4 is 10.9 Å². The van der Waals surface area contributed by atoms with E-state index in [2.05, 4.69) is 10.1 Å². The molecule has 134 valence electrons. The number of aryl methyl sites for hydroxylation is 2. The zero-order chi connectivity index (χ0) is 18.8. The number of esters is 1. The molecule has 0 amide bonds. The van der Waals surface area contributed by atoms with Gasteiger partial charge in [0.2, 0.25) is 0 Å². The van der Waals surface area contributed by atoms with E-state index in [0.29, 0.717) is 17.8 Å². The van der Waals surface area contributed by atoms with Crippen LogP contribution in [-0.2, 0) is 11.3 Å². The second-order valence-electron chi connectivity index (χ2n) is 6.01. The second kappa shape index (κ2) is 7.00. The molecule has 0 aliphatic heterocycles. The number of benzene rings is 2. The Morgan fingerprint density at radius 3 is 2.69 bits per heavy atom. The fourth-order valence-electron chi connectivity index (χ4n) is 2.77. The number of hydrogen-bond acceptors (Lipinski definition) is 5. The third-order valence-corrected chi connectivity index (χ3v) is 4.37. The number of anilines is 1. The molecule has 0 fully saturated rings. The van der Waals surface area contributed by atoms with E-state index >= 15 is 0 Å². The SMILES string of the molecule is COC(=O)c1cc(NCc2cc(=O)oc3c(C)c(C)ccc23)ccc1F. The van der Waals surface area contributed by atoms with Crippen LogP contribution in [0.3, 0.4) is 0 Å². The molecule has 0 bridgehead atoms. The number of nitrogens with one attached hydrogen (secondary N) is 1. The highest BCUT2D eigenvalue weighted by molar-refractivity contribution is 5.90. The fourth-order valence-corrected chi connectivity index (χ4v) is 2.77. The molecule has 26 heavy (non-hydrogen) atoms. The summed E-state index contributed by atoms with van der Waals surface area (Å²) < 4.78 is 23.7. The predicted molar refractivity (Wildman–Crippen MR) is 97.0 cm³/mol. The van der Waals surface area contributed by atoms with E-state index in [1.807, 2.05) is 26.0 Å². The summed E-state index contributed by atoms with van der Waals surface area (Å²) in [6, 6.07) is 9.39. The molecule has 5 nitrogen and oxygen atoms in total. The van der Waals surface area contributed by atoms with Gasteiger partial charge in [0.25, 0.3) is 0 Å². The average Bonchev–Trinajstić information content (AvgIpc) is 2.63. The molecule has 0 saturated heterocycles. The first-order valence-electron chi connectivity index (χ1n) is 8.05. The molecule has 0 aliphatic rings. The molecular weight excluding hydrogens is 337 g/mol. The van der Waals surface area contributed by atoms with E-state index in [1.54, 1.807) is 0 Å². The number of carbonyl (C=O) groups is 1. The second-order valence-corrected chi connectivity index (χ2v) is 6.01. The van der Waals surface area contributed by atoms with Crippen molar-refractivity contribution in [2.75, 3.05) is 12.4 Å². The highest BCUT2D eigenvalue weighted by Gasteiger charge is 2.13. The molecule has 3 aromatic rings. The van der Waals surface area contributed by atoms with Gasteiger partial charge in [0, 0.05) is 23.7 Å². The zero-order valence-electron chi connectivity index (χ0n) is 14.7. The van der Waals surface area contributed by atoms with Gasteiger partial charge in [-0.2, -0.15) is 0 Å². The van der Waals surface area contributed by atoms with Crippen LogP contribution in [0.15, 0.2) is 45.6 Å². The molecule has 0 unspecified atom stereocenters. The van der Waals surface area contributed by atoms with Gasteiger partial charge in [-0.1, -0.05) is 12.1 Å². The van der Waals surface area contributed by atoms with Crippen LogP contribution >= 0.6 is 0 Å². The van der Waals surface area contributed by atoms with Gasteiger partial charge < -0.3 is 14.5 Å². The molecule has 1 aromatic heterocycles. The summed E-state index contributed by atoms with van der Waals surface area (Å²) in [5, 5.41) is 3.94. The number of fused-ring (bicyclic) bond motifs is 1. The lowest BCUT2D eigenvalue weighted by Gasteiger charge is -2.11. The van der Waals surface area contributed by atoms with E-state index in [4.69, 9.17) is 4.42 Å². The number of ether oxygens (including phenoxy) is 1. The van der Waals surface area contributed by atoms with Gasteiger partial charge in [0.1, 0.15) is 11.4 Å². The predicted octanol–water partition coefficient (Wildman–Crippen LogP) is 3.95. The summed E-state index contributed by atoms with van der Waals surface area (Å²) >= 11 is 0. The Bertz CT molecular complexity index is 1060. The van der Waals surface area contributed by atoms with Crippen LogP contribution in [0.5, 0.6) is 0 Å².